The molecule has 0 amide bonds. The number of nitrogens with zero attached hydrogens (tertiary/aromatic N) is 1. The third-order valence-corrected chi connectivity index (χ3v) is 3.97. The first kappa shape index (κ1) is 14.5. The lowest BCUT2D eigenvalue weighted by molar-refractivity contribution is 0.00578. The van der Waals surface area contributed by atoms with Gasteiger partial charge in [-0.15, -0.1) is 0 Å². The summed E-state index contributed by atoms with van der Waals surface area (Å²) in [6.07, 6.45) is 4.22. The van der Waals surface area contributed by atoms with Crippen molar-refractivity contribution in [1.29, 1.82) is 0 Å². The first-order valence-electron chi connectivity index (χ1n) is 6.06. The molecule has 3 nitrogen and oxygen atoms in total. The normalized spacial score (nSPS) is 21.3. The molecule has 0 N–H and O–H groups in total. The zero-order valence-electron chi connectivity index (χ0n) is 11.4. The Bertz CT molecular complexity index is 503. The predicted octanol–water partition coefficient (Wildman–Crippen LogP) is 3.52. The van der Waals surface area contributed by atoms with E-state index in [1.807, 2.05) is 27.7 Å². The van der Waals surface area contributed by atoms with E-state index in [-0.39, 0.29) is 5.02 Å². The van der Waals surface area contributed by atoms with Gasteiger partial charge < -0.3 is 9.31 Å². The third kappa shape index (κ3) is 2.83. The summed E-state index contributed by atoms with van der Waals surface area (Å²) in [7, 11) is -0.482. The Morgan fingerprint density at radius 2 is 1.79 bits per heavy atom. The van der Waals surface area contributed by atoms with Crippen molar-refractivity contribution in [3.8, 4) is 0 Å². The average Bonchev–Trinajstić information content (AvgIpc) is 2.50. The molecule has 0 bridgehead atoms. The van der Waals surface area contributed by atoms with Crippen LogP contribution in [0.5, 0.6) is 0 Å². The standard InChI is InChI=1S/C13H16BClFNO2/c1-12(2)13(3,4)19-14(18-12)6-5-9-7-17-8-10(16)11(9)15/h5-8H,1-4H3/b6-5+. The molecule has 1 fully saturated rings. The zero-order valence-corrected chi connectivity index (χ0v) is 12.2. The van der Waals surface area contributed by atoms with Gasteiger partial charge in [-0.2, -0.15) is 0 Å². The van der Waals surface area contributed by atoms with Gasteiger partial charge in [0.15, 0.2) is 5.82 Å². The van der Waals surface area contributed by atoms with Crippen LogP contribution in [0.25, 0.3) is 6.08 Å². The van der Waals surface area contributed by atoms with Crippen molar-refractivity contribution in [2.45, 2.75) is 38.9 Å². The zero-order chi connectivity index (χ0) is 14.3. The molecule has 0 spiro atoms. The molecule has 0 aliphatic carbocycles. The van der Waals surface area contributed by atoms with Gasteiger partial charge >= 0.3 is 7.12 Å². The van der Waals surface area contributed by atoms with Crippen molar-refractivity contribution >= 4 is 24.8 Å². The molecular weight excluding hydrogens is 267 g/mol. The van der Waals surface area contributed by atoms with E-state index in [0.29, 0.717) is 5.56 Å². The van der Waals surface area contributed by atoms with Crippen molar-refractivity contribution in [1.82, 2.24) is 4.98 Å². The second-order valence-corrected chi connectivity index (χ2v) is 5.89. The lowest BCUT2D eigenvalue weighted by atomic mass is 9.89. The van der Waals surface area contributed by atoms with Crippen LogP contribution in [0.15, 0.2) is 18.4 Å². The van der Waals surface area contributed by atoms with Gasteiger partial charge in [-0.1, -0.05) is 23.7 Å². The Labute approximate surface area is 117 Å². The highest BCUT2D eigenvalue weighted by Crippen LogP contribution is 2.37. The van der Waals surface area contributed by atoms with Crippen LogP contribution in [0.4, 0.5) is 4.39 Å². The Balaban J connectivity index is 2.15. The Morgan fingerprint density at radius 1 is 1.21 bits per heavy atom. The first-order chi connectivity index (χ1) is 8.73. The monoisotopic (exact) mass is 283 g/mol. The average molecular weight is 284 g/mol. The maximum absolute atomic E-state index is 13.2. The minimum Gasteiger partial charge on any atom is -0.400 e. The van der Waals surface area contributed by atoms with E-state index >= 15 is 0 Å². The van der Waals surface area contributed by atoms with E-state index in [1.165, 1.54) is 6.20 Å². The summed E-state index contributed by atoms with van der Waals surface area (Å²) >= 11 is 5.84. The molecule has 102 valence electrons. The summed E-state index contributed by atoms with van der Waals surface area (Å²) in [6, 6.07) is 0. The van der Waals surface area contributed by atoms with Gasteiger partial charge in [-0.05, 0) is 27.7 Å². The van der Waals surface area contributed by atoms with Gasteiger partial charge in [-0.3, -0.25) is 4.98 Å². The number of hydrogen-bond acceptors (Lipinski definition) is 3. The second-order valence-electron chi connectivity index (χ2n) is 5.51. The van der Waals surface area contributed by atoms with E-state index in [0.717, 1.165) is 6.20 Å². The third-order valence-electron chi connectivity index (χ3n) is 3.57. The minimum atomic E-state index is -0.544. The molecule has 1 saturated heterocycles. The lowest BCUT2D eigenvalue weighted by Gasteiger charge is -2.32. The van der Waals surface area contributed by atoms with E-state index in [9.17, 15) is 4.39 Å². The van der Waals surface area contributed by atoms with Crippen LogP contribution < -0.4 is 0 Å². The fourth-order valence-corrected chi connectivity index (χ4v) is 1.86. The Kier molecular flexibility index (Phi) is 3.73. The van der Waals surface area contributed by atoms with Crippen LogP contribution in [0, 0.1) is 5.82 Å². The van der Waals surface area contributed by atoms with Gasteiger partial charge in [0.2, 0.25) is 0 Å². The highest BCUT2D eigenvalue weighted by atomic mass is 35.5. The lowest BCUT2D eigenvalue weighted by Crippen LogP contribution is -2.41. The van der Waals surface area contributed by atoms with Gasteiger partial charge in [0.05, 0.1) is 22.4 Å². The Hall–Kier alpha value is -0.905. The molecule has 0 unspecified atom stereocenters. The summed E-state index contributed by atoms with van der Waals surface area (Å²) in [5.74, 6) is 1.16. The van der Waals surface area contributed by atoms with Crippen molar-refractivity contribution in [3.63, 3.8) is 0 Å². The quantitative estimate of drug-likeness (QED) is 0.778. The summed E-state index contributed by atoms with van der Waals surface area (Å²) in [5, 5.41) is 0.0442. The van der Waals surface area contributed by atoms with Crippen LogP contribution in [-0.2, 0) is 9.31 Å². The topological polar surface area (TPSA) is 31.4 Å². The van der Waals surface area contributed by atoms with E-state index in [1.54, 1.807) is 12.1 Å². The molecule has 2 rings (SSSR count). The molecule has 0 saturated carbocycles. The van der Waals surface area contributed by atoms with Gasteiger partial charge in [0.25, 0.3) is 0 Å². The first-order valence-corrected chi connectivity index (χ1v) is 6.43. The second kappa shape index (κ2) is 4.89. The van der Waals surface area contributed by atoms with Crippen molar-refractivity contribution in [2.24, 2.45) is 0 Å². The molecule has 1 aliphatic rings. The minimum absolute atomic E-state index is 0.0442. The molecule has 6 heteroatoms. The molecule has 1 aliphatic heterocycles. The molecular formula is C13H16BClFNO2. The fourth-order valence-electron chi connectivity index (χ4n) is 1.70. The predicted molar refractivity (Wildman–Crippen MR) is 74.3 cm³/mol. The molecule has 1 aromatic heterocycles. The van der Waals surface area contributed by atoms with Crippen molar-refractivity contribution in [3.05, 3.63) is 34.8 Å². The molecule has 0 aromatic carbocycles. The molecule has 0 atom stereocenters. The van der Waals surface area contributed by atoms with Crippen molar-refractivity contribution in [2.75, 3.05) is 0 Å². The van der Waals surface area contributed by atoms with Crippen molar-refractivity contribution < 1.29 is 13.7 Å². The molecule has 1 aromatic rings. The smallest absolute Gasteiger partial charge is 0.400 e. The van der Waals surface area contributed by atoms with Crippen LogP contribution in [0.2, 0.25) is 5.02 Å². The largest absolute Gasteiger partial charge is 0.487 e. The maximum Gasteiger partial charge on any atom is 0.487 e. The van der Waals surface area contributed by atoms with Gasteiger partial charge in [0.1, 0.15) is 0 Å². The van der Waals surface area contributed by atoms with E-state index in [4.69, 9.17) is 20.9 Å². The Morgan fingerprint density at radius 3 is 2.37 bits per heavy atom. The highest BCUT2D eigenvalue weighted by Gasteiger charge is 2.49. The number of rotatable bonds is 2. The number of halogens is 2. The van der Waals surface area contributed by atoms with Crippen LogP contribution >= 0.6 is 11.6 Å². The summed E-state index contributed by atoms with van der Waals surface area (Å²) in [6.45, 7) is 7.88. The number of hydrogen-bond donors (Lipinski definition) is 0. The number of pyridine rings is 1. The van der Waals surface area contributed by atoms with Crippen LogP contribution in [0.3, 0.4) is 0 Å². The van der Waals surface area contributed by atoms with Crippen LogP contribution in [-0.4, -0.2) is 23.3 Å². The maximum atomic E-state index is 13.2. The summed E-state index contributed by atoms with van der Waals surface area (Å²) in [5.41, 5.74) is -0.297. The SMILES string of the molecule is CC1(C)OB(/C=C/c2cncc(F)c2Cl)OC1(C)C. The molecule has 2 heterocycles. The van der Waals surface area contributed by atoms with E-state index in [2.05, 4.69) is 4.98 Å². The highest BCUT2D eigenvalue weighted by molar-refractivity contribution is 6.52. The van der Waals surface area contributed by atoms with E-state index < -0.39 is 24.1 Å². The summed E-state index contributed by atoms with van der Waals surface area (Å²) < 4.78 is 24.8. The molecule has 19 heavy (non-hydrogen) atoms. The van der Waals surface area contributed by atoms with Gasteiger partial charge in [-0.25, -0.2) is 4.39 Å². The molecule has 0 radical (unpaired) electrons. The number of aromatic nitrogens is 1. The summed E-state index contributed by atoms with van der Waals surface area (Å²) in [4.78, 5) is 3.76. The fraction of sp³-hybridized carbons (Fsp3) is 0.462. The van der Waals surface area contributed by atoms with Crippen LogP contribution in [0.1, 0.15) is 33.3 Å². The van der Waals surface area contributed by atoms with Gasteiger partial charge in [0, 0.05) is 11.8 Å².